The van der Waals surface area contributed by atoms with Gasteiger partial charge in [-0.3, -0.25) is 4.98 Å². The Hall–Kier alpha value is -1.86. The van der Waals surface area contributed by atoms with Crippen molar-refractivity contribution in [3.05, 3.63) is 35.8 Å². The van der Waals surface area contributed by atoms with E-state index >= 15 is 0 Å². The number of anilines is 2. The summed E-state index contributed by atoms with van der Waals surface area (Å²) in [6, 6.07) is 6.09. The molecule has 6 nitrogen and oxygen atoms in total. The van der Waals surface area contributed by atoms with Crippen molar-refractivity contribution in [3.63, 3.8) is 0 Å². The van der Waals surface area contributed by atoms with Gasteiger partial charge in [-0.25, -0.2) is 4.98 Å². The van der Waals surface area contributed by atoms with E-state index in [0.29, 0.717) is 5.92 Å². The van der Waals surface area contributed by atoms with E-state index in [-0.39, 0.29) is 5.54 Å². The summed E-state index contributed by atoms with van der Waals surface area (Å²) in [6.07, 6.45) is 6.27. The van der Waals surface area contributed by atoms with Gasteiger partial charge in [0.25, 0.3) is 4.90 Å². The van der Waals surface area contributed by atoms with Crippen LogP contribution >= 0.6 is 0 Å². The van der Waals surface area contributed by atoms with Gasteiger partial charge >= 0.3 is 0 Å². The molecule has 5 rings (SSSR count). The van der Waals surface area contributed by atoms with Gasteiger partial charge in [-0.2, -0.15) is 9.54 Å². The van der Waals surface area contributed by atoms with Crippen LogP contribution < -0.4 is 10.2 Å². The first-order chi connectivity index (χ1) is 12.6. The van der Waals surface area contributed by atoms with Gasteiger partial charge in [0.1, 0.15) is 5.69 Å². The van der Waals surface area contributed by atoms with Crippen LogP contribution in [-0.2, 0) is 17.6 Å². The number of pyridine rings is 1. The van der Waals surface area contributed by atoms with Crippen LogP contribution in [0, 0.1) is 0 Å². The molecule has 26 heavy (non-hydrogen) atoms. The van der Waals surface area contributed by atoms with E-state index in [1.165, 1.54) is 6.42 Å². The molecule has 0 radical (unpaired) electrons. The zero-order valence-electron chi connectivity index (χ0n) is 15.0. The number of aromatic nitrogens is 3. The molecule has 2 aromatic rings. The molecule has 0 amide bonds. The lowest BCUT2D eigenvalue weighted by molar-refractivity contribution is 0.305. The van der Waals surface area contributed by atoms with Crippen LogP contribution in [0.15, 0.2) is 29.3 Å². The molecule has 1 saturated carbocycles. The molecule has 4 heterocycles. The number of rotatable bonds is 4. The highest BCUT2D eigenvalue weighted by molar-refractivity contribution is 7.92. The highest BCUT2D eigenvalue weighted by Crippen LogP contribution is 2.40. The third-order valence-corrected chi connectivity index (χ3v) is 7.33. The molecule has 7 heteroatoms. The summed E-state index contributed by atoms with van der Waals surface area (Å²) in [5, 5.41) is 3.63. The van der Waals surface area contributed by atoms with Crippen molar-refractivity contribution >= 4 is 22.9 Å². The Kier molecular flexibility index (Phi) is 3.83. The lowest BCUT2D eigenvalue weighted by Crippen LogP contribution is -2.47. The summed E-state index contributed by atoms with van der Waals surface area (Å²) >= 11 is -0.730. The topological polar surface area (TPSA) is 74.2 Å². The van der Waals surface area contributed by atoms with Gasteiger partial charge in [0.05, 0.1) is 0 Å². The van der Waals surface area contributed by atoms with Gasteiger partial charge in [0, 0.05) is 42.9 Å². The average Bonchev–Trinajstić information content (AvgIpc) is 2.94. The molecule has 1 atom stereocenters. The smallest absolute Gasteiger partial charge is 0.253 e. The number of hydrogen-bond acceptors (Lipinski definition) is 6. The predicted octanol–water partition coefficient (Wildman–Crippen LogP) is 2.84. The maximum Gasteiger partial charge on any atom is 0.253 e. The second-order valence-corrected chi connectivity index (χ2v) is 9.41. The molecule has 1 aliphatic carbocycles. The quantitative estimate of drug-likeness (QED) is 0.806. The Morgan fingerprint density at radius 2 is 2.12 bits per heavy atom. The zero-order valence-corrected chi connectivity index (χ0v) is 15.8. The Morgan fingerprint density at radius 3 is 2.81 bits per heavy atom. The molecule has 1 unspecified atom stereocenters. The maximum atomic E-state index is 10.4. The molecular formula is C19H24N5OS+. The third kappa shape index (κ3) is 2.74. The zero-order chi connectivity index (χ0) is 17.7. The van der Waals surface area contributed by atoms with Crippen LogP contribution in [0.3, 0.4) is 0 Å². The highest BCUT2D eigenvalue weighted by Gasteiger charge is 2.42. The number of hydrogen-bond donors (Lipinski definition) is 2. The van der Waals surface area contributed by atoms with Crippen molar-refractivity contribution in [1.29, 1.82) is 0 Å². The molecule has 136 valence electrons. The van der Waals surface area contributed by atoms with Gasteiger partial charge in [-0.15, -0.1) is 0 Å². The van der Waals surface area contributed by atoms with Gasteiger partial charge in [-0.1, -0.05) is 6.07 Å². The summed E-state index contributed by atoms with van der Waals surface area (Å²) in [7, 11) is 0. The first-order valence-corrected chi connectivity index (χ1v) is 10.7. The van der Waals surface area contributed by atoms with Crippen LogP contribution in [0.1, 0.15) is 43.5 Å². The maximum absolute atomic E-state index is 10.4. The summed E-state index contributed by atoms with van der Waals surface area (Å²) in [5.74, 6) is 2.87. The molecule has 2 N–H and O–H groups in total. The Labute approximate surface area is 156 Å². The third-order valence-electron chi connectivity index (χ3n) is 5.84. The Morgan fingerprint density at radius 1 is 1.27 bits per heavy atom. The summed E-state index contributed by atoms with van der Waals surface area (Å²) < 4.78 is 10.4. The normalized spacial score (nSPS) is 23.9. The van der Waals surface area contributed by atoms with Crippen molar-refractivity contribution in [1.82, 2.24) is 15.0 Å². The first kappa shape index (κ1) is 16.3. The average molecular weight is 371 g/mol. The number of nitrogens with one attached hydrogen (secondary N) is 1. The predicted molar refractivity (Wildman–Crippen MR) is 104 cm³/mol. The molecule has 2 aromatic heterocycles. The van der Waals surface area contributed by atoms with Gasteiger partial charge in [-0.05, 0) is 38.3 Å². The van der Waals surface area contributed by atoms with Gasteiger partial charge in [0.15, 0.2) is 22.7 Å². The van der Waals surface area contributed by atoms with Crippen LogP contribution in [0.2, 0.25) is 0 Å². The van der Waals surface area contributed by atoms with E-state index in [2.05, 4.69) is 28.2 Å². The summed E-state index contributed by atoms with van der Waals surface area (Å²) in [4.78, 5) is 17.3. The van der Waals surface area contributed by atoms with Crippen molar-refractivity contribution in [2.45, 2.75) is 49.0 Å². The van der Waals surface area contributed by atoms with Crippen LogP contribution in [-0.4, -0.2) is 43.9 Å². The molecule has 3 aliphatic rings. The Bertz CT molecular complexity index is 820. The van der Waals surface area contributed by atoms with Gasteiger partial charge in [0.2, 0.25) is 5.95 Å². The van der Waals surface area contributed by atoms with Gasteiger partial charge < -0.3 is 10.2 Å². The van der Waals surface area contributed by atoms with E-state index in [4.69, 9.17) is 9.97 Å². The molecule has 2 fully saturated rings. The van der Waals surface area contributed by atoms with E-state index in [1.807, 2.05) is 18.3 Å². The van der Waals surface area contributed by atoms with Crippen molar-refractivity contribution in [2.24, 2.45) is 0 Å². The van der Waals surface area contributed by atoms with Crippen LogP contribution in [0.4, 0.5) is 11.8 Å². The minimum absolute atomic E-state index is 0.109. The number of fused-ring (bicyclic) bond motifs is 1. The number of nitrogens with zero attached hydrogens (tertiary/aromatic N) is 4. The lowest BCUT2D eigenvalue weighted by atomic mass is 9.78. The van der Waals surface area contributed by atoms with Crippen LogP contribution in [0.25, 0.3) is 0 Å². The summed E-state index contributed by atoms with van der Waals surface area (Å²) in [6.45, 7) is 4.05. The van der Waals surface area contributed by atoms with Crippen molar-refractivity contribution in [2.75, 3.05) is 29.1 Å². The lowest BCUT2D eigenvalue weighted by Gasteiger charge is -2.41. The fourth-order valence-corrected chi connectivity index (χ4v) is 5.32. The minimum atomic E-state index is -0.730. The second kappa shape index (κ2) is 6.09. The Balaban J connectivity index is 1.40. The largest absolute Gasteiger partial charge is 0.360 e. The second-order valence-electron chi connectivity index (χ2n) is 7.86. The fraction of sp³-hybridized carbons (Fsp3) is 0.526. The van der Waals surface area contributed by atoms with E-state index < -0.39 is 11.2 Å². The molecule has 1 saturated heterocycles. The SMILES string of the molecule is CC1(Nc2nc(N3CC(c4ccccn4)C3)nc3c2[S+](O)CC3)CCC1. The van der Waals surface area contributed by atoms with E-state index in [9.17, 15) is 4.55 Å². The van der Waals surface area contributed by atoms with E-state index in [0.717, 1.165) is 66.2 Å². The van der Waals surface area contributed by atoms with Crippen LogP contribution in [0.5, 0.6) is 0 Å². The fourth-order valence-electron chi connectivity index (χ4n) is 3.99. The first-order valence-electron chi connectivity index (χ1n) is 9.36. The van der Waals surface area contributed by atoms with E-state index in [1.54, 1.807) is 0 Å². The molecule has 0 aromatic carbocycles. The molecule has 0 spiro atoms. The molecule has 2 aliphatic heterocycles. The highest BCUT2D eigenvalue weighted by atomic mass is 32.2. The number of aryl methyl sites for hydroxylation is 1. The van der Waals surface area contributed by atoms with Crippen molar-refractivity contribution in [3.8, 4) is 0 Å². The summed E-state index contributed by atoms with van der Waals surface area (Å²) in [5.41, 5.74) is 2.27. The molecule has 0 bridgehead atoms. The standard InChI is InChI=1S/C19H24N5OS/c1-19(7-4-8-19)23-17-16-15(6-10-26(16)25)21-18(22-17)24-11-13(12-24)14-5-2-3-9-20-14/h2-3,5,9,13,25H,4,6-8,10-12H2,1H3,(H,21,22,23)/q+1. The minimum Gasteiger partial charge on any atom is -0.360 e. The van der Waals surface area contributed by atoms with Crippen molar-refractivity contribution < 1.29 is 4.55 Å². The monoisotopic (exact) mass is 370 g/mol. The molecular weight excluding hydrogens is 346 g/mol.